The van der Waals surface area contributed by atoms with Gasteiger partial charge in [-0.05, 0) is 38.1 Å². The van der Waals surface area contributed by atoms with E-state index in [2.05, 4.69) is 35.7 Å². The number of halogens is 4. The van der Waals surface area contributed by atoms with Crippen LogP contribution in [0.15, 0.2) is 47.8 Å². The van der Waals surface area contributed by atoms with Crippen LogP contribution in [0.4, 0.5) is 34.9 Å². The minimum Gasteiger partial charge on any atom is -0.367 e. The molecule has 0 aliphatic heterocycles. The van der Waals surface area contributed by atoms with Crippen LogP contribution in [-0.4, -0.2) is 32.0 Å². The normalized spacial score (nSPS) is 12.4. The molecule has 0 aromatic carbocycles. The molecule has 0 aliphatic rings. The van der Waals surface area contributed by atoms with Gasteiger partial charge in [0.1, 0.15) is 34.3 Å². The van der Waals surface area contributed by atoms with E-state index in [0.29, 0.717) is 0 Å². The maximum absolute atomic E-state index is 13.8. The molecule has 0 amide bonds. The molecule has 0 aliphatic carbocycles. The van der Waals surface area contributed by atoms with Crippen LogP contribution >= 0.6 is 9.24 Å². The summed E-state index contributed by atoms with van der Waals surface area (Å²) in [4.78, 5) is 27.2. The fourth-order valence-electron chi connectivity index (χ4n) is 2.70. The van der Waals surface area contributed by atoms with Crippen LogP contribution in [0.1, 0.15) is 32.2 Å². The zero-order chi connectivity index (χ0) is 25.1. The molecule has 0 saturated carbocycles. The molecule has 0 fully saturated rings. The van der Waals surface area contributed by atoms with Gasteiger partial charge in [-0.1, -0.05) is 20.5 Å². The Morgan fingerprint density at radius 3 is 2.32 bits per heavy atom. The average molecular weight is 495 g/mol. The van der Waals surface area contributed by atoms with Gasteiger partial charge in [0.25, 0.3) is 11.6 Å². The zero-order valence-corrected chi connectivity index (χ0v) is 19.6. The maximum Gasteiger partial charge on any atom is 0.300 e. The lowest BCUT2D eigenvalue weighted by Crippen LogP contribution is -2.27. The van der Waals surface area contributed by atoms with Crippen molar-refractivity contribution in [3.8, 4) is 11.5 Å². The predicted molar refractivity (Wildman–Crippen MR) is 124 cm³/mol. The molecule has 0 spiro atoms. The zero-order valence-electron chi connectivity index (χ0n) is 18.5. The van der Waals surface area contributed by atoms with Crippen LogP contribution in [0.25, 0.3) is 11.5 Å². The lowest BCUT2D eigenvalue weighted by atomic mass is 10.1. The van der Waals surface area contributed by atoms with E-state index in [1.54, 1.807) is 13.8 Å². The third-order valence-electron chi connectivity index (χ3n) is 4.48. The first-order valence-electron chi connectivity index (χ1n) is 10.0. The molecule has 180 valence electrons. The molecular formula is C21H22F4N7OP. The van der Waals surface area contributed by atoms with Gasteiger partial charge in [0, 0.05) is 31.4 Å². The summed E-state index contributed by atoms with van der Waals surface area (Å²) >= 11 is 0. The van der Waals surface area contributed by atoms with E-state index in [4.69, 9.17) is 0 Å². The molecule has 1 unspecified atom stereocenters. The van der Waals surface area contributed by atoms with Gasteiger partial charge in [-0.15, -0.1) is 0 Å². The van der Waals surface area contributed by atoms with Crippen molar-refractivity contribution in [2.24, 2.45) is 5.18 Å². The summed E-state index contributed by atoms with van der Waals surface area (Å²) in [7, 11) is 1.41. The quantitative estimate of drug-likeness (QED) is 0.224. The van der Waals surface area contributed by atoms with E-state index in [-0.39, 0.29) is 35.4 Å². The van der Waals surface area contributed by atoms with Gasteiger partial charge in [-0.2, -0.15) is 22.5 Å². The minimum absolute atomic E-state index is 0.00104. The summed E-state index contributed by atoms with van der Waals surface area (Å²) in [6.07, 6.45) is 1.21. The SMILES string of the molecule is CC(C)(CNc1cc(Nc2ccnc(C(F)(F)P)c2)nc(-c2cccc(C(C)(F)F)n2)n1)N=O. The fourth-order valence-corrected chi connectivity index (χ4v) is 2.86. The predicted octanol–water partition coefficient (Wildman–Crippen LogP) is 5.67. The highest BCUT2D eigenvalue weighted by molar-refractivity contribution is 7.17. The van der Waals surface area contributed by atoms with E-state index in [0.717, 1.165) is 13.0 Å². The van der Waals surface area contributed by atoms with Crippen LogP contribution in [0, 0.1) is 4.91 Å². The number of alkyl halides is 4. The largest absolute Gasteiger partial charge is 0.367 e. The van der Waals surface area contributed by atoms with Crippen LogP contribution in [0.2, 0.25) is 0 Å². The van der Waals surface area contributed by atoms with Crippen molar-refractivity contribution in [1.29, 1.82) is 0 Å². The number of nitrogens with zero attached hydrogens (tertiary/aromatic N) is 5. The highest BCUT2D eigenvalue weighted by Gasteiger charge is 2.28. The summed E-state index contributed by atoms with van der Waals surface area (Å²) < 4.78 is 54.8. The van der Waals surface area contributed by atoms with Crippen molar-refractivity contribution in [3.05, 3.63) is 58.9 Å². The Morgan fingerprint density at radius 2 is 1.68 bits per heavy atom. The van der Waals surface area contributed by atoms with E-state index in [1.807, 2.05) is 0 Å². The number of aromatic nitrogens is 4. The Hall–Kier alpha value is -3.27. The van der Waals surface area contributed by atoms with Crippen molar-refractivity contribution in [1.82, 2.24) is 19.9 Å². The minimum atomic E-state index is -3.23. The van der Waals surface area contributed by atoms with Crippen molar-refractivity contribution in [2.45, 2.75) is 37.9 Å². The Morgan fingerprint density at radius 1 is 0.971 bits per heavy atom. The summed E-state index contributed by atoms with van der Waals surface area (Å²) in [5, 5.41) is 8.87. The second-order valence-corrected chi connectivity index (χ2v) is 8.92. The number of rotatable bonds is 9. The molecule has 0 saturated heterocycles. The van der Waals surface area contributed by atoms with E-state index >= 15 is 0 Å². The Balaban J connectivity index is 2.02. The number of hydrogen-bond donors (Lipinski definition) is 2. The number of hydrogen-bond acceptors (Lipinski definition) is 8. The van der Waals surface area contributed by atoms with Gasteiger partial charge >= 0.3 is 0 Å². The third-order valence-corrected chi connectivity index (χ3v) is 4.77. The summed E-state index contributed by atoms with van der Waals surface area (Å²) in [6, 6.07) is 8.14. The lowest BCUT2D eigenvalue weighted by molar-refractivity contribution is 0.0129. The topological polar surface area (TPSA) is 105 Å². The van der Waals surface area contributed by atoms with Gasteiger partial charge in [-0.3, -0.25) is 4.98 Å². The van der Waals surface area contributed by atoms with Crippen molar-refractivity contribution < 1.29 is 17.6 Å². The van der Waals surface area contributed by atoms with Crippen LogP contribution in [0.5, 0.6) is 0 Å². The first-order valence-corrected chi connectivity index (χ1v) is 10.6. The van der Waals surface area contributed by atoms with Gasteiger partial charge in [0.2, 0.25) is 0 Å². The standard InChI is InChI=1S/C21H22F4N7OP/c1-19(2,32-33)11-27-16-10-17(28-12-7-8-26-15(9-12)21(24,25)34)31-18(30-16)13-5-4-6-14(29-13)20(3,22)23/h4-10H,11,34H2,1-3H3,(H2,26,27,28,30,31). The molecule has 34 heavy (non-hydrogen) atoms. The van der Waals surface area contributed by atoms with Crippen molar-refractivity contribution in [2.75, 3.05) is 17.2 Å². The van der Waals surface area contributed by atoms with Gasteiger partial charge in [-0.25, -0.2) is 15.0 Å². The van der Waals surface area contributed by atoms with E-state index < -0.39 is 28.5 Å². The summed E-state index contributed by atoms with van der Waals surface area (Å²) in [5.74, 6) is -2.76. The molecule has 1 atom stereocenters. The smallest absolute Gasteiger partial charge is 0.300 e. The molecule has 8 nitrogen and oxygen atoms in total. The van der Waals surface area contributed by atoms with Gasteiger partial charge in [0.05, 0.1) is 0 Å². The summed E-state index contributed by atoms with van der Waals surface area (Å²) in [5.41, 5.74) is -4.79. The lowest BCUT2D eigenvalue weighted by Gasteiger charge is -2.18. The highest BCUT2D eigenvalue weighted by Crippen LogP contribution is 2.35. The molecule has 13 heteroatoms. The summed E-state index contributed by atoms with van der Waals surface area (Å²) in [6.45, 7) is 4.07. The van der Waals surface area contributed by atoms with E-state index in [9.17, 15) is 22.5 Å². The van der Waals surface area contributed by atoms with Gasteiger partial charge in [0.15, 0.2) is 5.82 Å². The first kappa shape index (κ1) is 25.4. The molecule has 2 N–H and O–H groups in total. The molecule has 0 radical (unpaired) electrons. The third kappa shape index (κ3) is 6.63. The highest BCUT2D eigenvalue weighted by atomic mass is 31.0. The second kappa shape index (κ2) is 9.54. The van der Waals surface area contributed by atoms with Crippen molar-refractivity contribution in [3.63, 3.8) is 0 Å². The Kier molecular flexibility index (Phi) is 7.11. The number of nitroso groups, excluding NO2 is 1. The molecule has 3 aromatic heterocycles. The fraction of sp³-hybridized carbons (Fsp3) is 0.333. The number of pyridine rings is 2. The molecule has 0 bridgehead atoms. The Labute approximate surface area is 195 Å². The second-order valence-electron chi connectivity index (χ2n) is 8.19. The average Bonchev–Trinajstić information content (AvgIpc) is 2.77. The molecule has 3 aromatic rings. The first-order chi connectivity index (χ1) is 15.8. The van der Waals surface area contributed by atoms with Crippen LogP contribution < -0.4 is 10.6 Å². The molecule has 3 heterocycles. The van der Waals surface area contributed by atoms with Gasteiger partial charge < -0.3 is 10.6 Å². The molecular weight excluding hydrogens is 473 g/mol. The van der Waals surface area contributed by atoms with Crippen LogP contribution in [0.3, 0.4) is 0 Å². The monoisotopic (exact) mass is 495 g/mol. The number of nitrogens with one attached hydrogen (secondary N) is 2. The number of anilines is 3. The van der Waals surface area contributed by atoms with E-state index in [1.165, 1.54) is 45.8 Å². The molecule has 3 rings (SSSR count). The van der Waals surface area contributed by atoms with Crippen LogP contribution in [-0.2, 0) is 11.6 Å². The maximum atomic E-state index is 13.8. The van der Waals surface area contributed by atoms with Crippen molar-refractivity contribution >= 4 is 26.6 Å². The Bertz CT molecular complexity index is 1180.